The molecule has 4 aromatic rings. The lowest BCUT2D eigenvalue weighted by molar-refractivity contribution is 0.925. The summed E-state index contributed by atoms with van der Waals surface area (Å²) in [4.78, 5) is 18.5. The van der Waals surface area contributed by atoms with Gasteiger partial charge in [0.2, 0.25) is 4.96 Å². The molecule has 0 bridgehead atoms. The minimum absolute atomic E-state index is 0.200. The van der Waals surface area contributed by atoms with Crippen LogP contribution in [0.4, 0.5) is 0 Å². The molecule has 0 saturated heterocycles. The van der Waals surface area contributed by atoms with Gasteiger partial charge < -0.3 is 0 Å². The molecule has 0 atom stereocenters. The molecule has 1 aromatic carbocycles. The van der Waals surface area contributed by atoms with Crippen LogP contribution in [-0.2, 0) is 0 Å². The van der Waals surface area contributed by atoms with Crippen LogP contribution in [-0.4, -0.2) is 14.6 Å². The Morgan fingerprint density at radius 3 is 2.72 bits per heavy atom. The quantitative estimate of drug-likeness (QED) is 0.512. The Balaban J connectivity index is 1.71. The smallest absolute Gasteiger partial charge is 0.266 e. The van der Waals surface area contributed by atoms with Gasteiger partial charge in [-0.2, -0.15) is 9.50 Å². The van der Waals surface area contributed by atoms with Crippen molar-refractivity contribution in [3.8, 4) is 0 Å². The number of nitrogens with zero attached hydrogens (tertiary/aromatic N) is 3. The van der Waals surface area contributed by atoms with E-state index in [2.05, 4.69) is 10.1 Å². The van der Waals surface area contributed by atoms with Crippen LogP contribution in [0.3, 0.4) is 0 Å². The molecule has 4 rings (SSSR count). The number of hydrogen-bond acceptors (Lipinski definition) is 5. The van der Waals surface area contributed by atoms with Crippen LogP contribution in [0.25, 0.3) is 23.2 Å². The standard InChI is InChI=1S/C17H9Cl2N3OS2/c18-12-5-3-10(8-13(12)19)9-14-16(23)22-17(25-14)20-15(21-22)6-4-11-2-1-7-24-11/h1-9H. The number of rotatable bonds is 3. The van der Waals surface area contributed by atoms with Crippen LogP contribution in [0.2, 0.25) is 10.0 Å². The van der Waals surface area contributed by atoms with Gasteiger partial charge in [-0.05, 0) is 47.4 Å². The zero-order valence-electron chi connectivity index (χ0n) is 12.5. The molecule has 0 amide bonds. The average molecular weight is 406 g/mol. The molecule has 124 valence electrons. The van der Waals surface area contributed by atoms with Gasteiger partial charge in [0.25, 0.3) is 5.56 Å². The topological polar surface area (TPSA) is 47.3 Å². The van der Waals surface area contributed by atoms with Gasteiger partial charge in [-0.1, -0.05) is 46.7 Å². The molecular formula is C17H9Cl2N3OS2. The number of thiophene rings is 1. The van der Waals surface area contributed by atoms with Gasteiger partial charge in [0.05, 0.1) is 14.6 Å². The minimum atomic E-state index is -0.200. The Kier molecular flexibility index (Phi) is 4.43. The van der Waals surface area contributed by atoms with Gasteiger partial charge in [0.15, 0.2) is 5.82 Å². The third-order valence-corrected chi connectivity index (χ3v) is 5.92. The first-order chi connectivity index (χ1) is 12.1. The summed E-state index contributed by atoms with van der Waals surface area (Å²) in [6.45, 7) is 0. The summed E-state index contributed by atoms with van der Waals surface area (Å²) in [6.07, 6.45) is 5.48. The summed E-state index contributed by atoms with van der Waals surface area (Å²) < 4.78 is 1.87. The second-order valence-electron chi connectivity index (χ2n) is 5.10. The normalized spacial score (nSPS) is 12.6. The second-order valence-corrected chi connectivity index (χ2v) is 7.91. The molecule has 0 unspecified atom stereocenters. The van der Waals surface area contributed by atoms with Gasteiger partial charge in [-0.3, -0.25) is 4.79 Å². The third-order valence-electron chi connectivity index (χ3n) is 3.38. The van der Waals surface area contributed by atoms with Crippen molar-refractivity contribution in [3.05, 3.63) is 76.9 Å². The Labute approximate surface area is 160 Å². The summed E-state index contributed by atoms with van der Waals surface area (Å²) in [5.41, 5.74) is 0.600. The lowest BCUT2D eigenvalue weighted by atomic mass is 10.2. The average Bonchev–Trinajstić information content (AvgIpc) is 3.29. The lowest BCUT2D eigenvalue weighted by Gasteiger charge is -1.96. The van der Waals surface area contributed by atoms with Crippen LogP contribution < -0.4 is 10.1 Å². The highest BCUT2D eigenvalue weighted by Gasteiger charge is 2.09. The molecule has 8 heteroatoms. The Morgan fingerprint density at radius 1 is 1.12 bits per heavy atom. The predicted octanol–water partition coefficient (Wildman–Crippen LogP) is 4.24. The summed E-state index contributed by atoms with van der Waals surface area (Å²) >= 11 is 14.8. The number of aromatic nitrogens is 3. The van der Waals surface area contributed by atoms with Crippen molar-refractivity contribution in [1.82, 2.24) is 14.6 Å². The molecule has 0 N–H and O–H groups in total. The maximum absolute atomic E-state index is 12.5. The molecule has 25 heavy (non-hydrogen) atoms. The first kappa shape index (κ1) is 16.5. The van der Waals surface area contributed by atoms with Crippen LogP contribution in [0.15, 0.2) is 40.5 Å². The van der Waals surface area contributed by atoms with Crippen molar-refractivity contribution in [2.45, 2.75) is 0 Å². The zero-order chi connectivity index (χ0) is 17.4. The summed E-state index contributed by atoms with van der Waals surface area (Å²) in [7, 11) is 0. The van der Waals surface area contributed by atoms with Gasteiger partial charge in [-0.15, -0.1) is 16.4 Å². The maximum atomic E-state index is 12.5. The number of thiazole rings is 1. The van der Waals surface area contributed by atoms with Crippen LogP contribution in [0.5, 0.6) is 0 Å². The predicted molar refractivity (Wildman–Crippen MR) is 106 cm³/mol. The van der Waals surface area contributed by atoms with E-state index in [4.69, 9.17) is 23.2 Å². The van der Waals surface area contributed by atoms with Crippen molar-refractivity contribution >= 4 is 69.1 Å². The van der Waals surface area contributed by atoms with Crippen molar-refractivity contribution in [2.75, 3.05) is 0 Å². The Hall–Kier alpha value is -1.99. The molecule has 0 aliphatic rings. The van der Waals surface area contributed by atoms with E-state index in [0.29, 0.717) is 25.4 Å². The molecule has 0 saturated carbocycles. The van der Waals surface area contributed by atoms with E-state index in [1.165, 1.54) is 15.9 Å². The van der Waals surface area contributed by atoms with Crippen molar-refractivity contribution in [2.24, 2.45) is 0 Å². The van der Waals surface area contributed by atoms with Gasteiger partial charge in [0.1, 0.15) is 0 Å². The van der Waals surface area contributed by atoms with Crippen molar-refractivity contribution in [3.63, 3.8) is 0 Å². The summed E-state index contributed by atoms with van der Waals surface area (Å²) in [5, 5.41) is 7.18. The van der Waals surface area contributed by atoms with Crippen molar-refractivity contribution in [1.29, 1.82) is 0 Å². The zero-order valence-corrected chi connectivity index (χ0v) is 15.7. The number of benzene rings is 1. The lowest BCUT2D eigenvalue weighted by Crippen LogP contribution is -2.23. The van der Waals surface area contributed by atoms with E-state index in [9.17, 15) is 4.79 Å². The molecule has 0 fully saturated rings. The van der Waals surface area contributed by atoms with E-state index in [0.717, 1.165) is 10.4 Å². The highest BCUT2D eigenvalue weighted by Crippen LogP contribution is 2.22. The minimum Gasteiger partial charge on any atom is -0.266 e. The molecular weight excluding hydrogens is 397 g/mol. The van der Waals surface area contributed by atoms with E-state index < -0.39 is 0 Å². The monoisotopic (exact) mass is 405 g/mol. The first-order valence-corrected chi connectivity index (χ1v) is 9.63. The maximum Gasteiger partial charge on any atom is 0.291 e. The first-order valence-electron chi connectivity index (χ1n) is 7.18. The van der Waals surface area contributed by atoms with Crippen LogP contribution in [0.1, 0.15) is 16.3 Å². The Bertz CT molecular complexity index is 1190. The largest absolute Gasteiger partial charge is 0.291 e. The molecule has 0 aliphatic carbocycles. The van der Waals surface area contributed by atoms with Crippen LogP contribution >= 0.6 is 45.9 Å². The fourth-order valence-electron chi connectivity index (χ4n) is 2.22. The fourth-order valence-corrected chi connectivity index (χ4v) is 4.06. The Morgan fingerprint density at radius 2 is 2.00 bits per heavy atom. The number of hydrogen-bond donors (Lipinski definition) is 0. The summed E-state index contributed by atoms with van der Waals surface area (Å²) in [6, 6.07) is 9.20. The highest BCUT2D eigenvalue weighted by molar-refractivity contribution is 7.15. The molecule has 3 heterocycles. The number of halogens is 2. The molecule has 0 radical (unpaired) electrons. The fraction of sp³-hybridized carbons (Fsp3) is 0. The van der Waals surface area contributed by atoms with Gasteiger partial charge in [0, 0.05) is 4.88 Å². The molecule has 0 aliphatic heterocycles. The van der Waals surface area contributed by atoms with Gasteiger partial charge >= 0.3 is 0 Å². The van der Waals surface area contributed by atoms with Gasteiger partial charge in [-0.25, -0.2) is 0 Å². The molecule has 4 nitrogen and oxygen atoms in total. The molecule has 0 spiro atoms. The SMILES string of the molecule is O=c1c(=Cc2ccc(Cl)c(Cl)c2)sc2nc(C=Cc3cccs3)nn12. The number of fused-ring (bicyclic) bond motifs is 1. The summed E-state index contributed by atoms with van der Waals surface area (Å²) in [5.74, 6) is 0.512. The van der Waals surface area contributed by atoms with Crippen LogP contribution in [0, 0.1) is 0 Å². The second kappa shape index (κ2) is 6.72. The van der Waals surface area contributed by atoms with E-state index in [1.807, 2.05) is 23.6 Å². The van der Waals surface area contributed by atoms with E-state index in [-0.39, 0.29) is 5.56 Å². The van der Waals surface area contributed by atoms with E-state index in [1.54, 1.807) is 41.7 Å². The highest BCUT2D eigenvalue weighted by atomic mass is 35.5. The molecule has 3 aromatic heterocycles. The van der Waals surface area contributed by atoms with E-state index >= 15 is 0 Å². The third kappa shape index (κ3) is 3.39. The van der Waals surface area contributed by atoms with Crippen molar-refractivity contribution < 1.29 is 0 Å².